The van der Waals surface area contributed by atoms with Gasteiger partial charge in [0.1, 0.15) is 29.0 Å². The van der Waals surface area contributed by atoms with E-state index >= 15 is 0 Å². The van der Waals surface area contributed by atoms with Gasteiger partial charge in [0, 0.05) is 24.0 Å². The van der Waals surface area contributed by atoms with Crippen LogP contribution in [0.15, 0.2) is 47.4 Å². The van der Waals surface area contributed by atoms with Crippen LogP contribution in [0.3, 0.4) is 0 Å². The lowest BCUT2D eigenvalue weighted by Gasteiger charge is -2.55. The molecule has 40 heavy (non-hydrogen) atoms. The molecule has 0 bridgehead atoms. The van der Waals surface area contributed by atoms with Gasteiger partial charge in [-0.25, -0.2) is 12.8 Å². The minimum Gasteiger partial charge on any atom is -0.334 e. The zero-order valence-electron chi connectivity index (χ0n) is 21.9. The minimum atomic E-state index is -4.19. The summed E-state index contributed by atoms with van der Waals surface area (Å²) in [6.45, 7) is 1.41. The van der Waals surface area contributed by atoms with Crippen molar-refractivity contribution in [3.8, 4) is 0 Å². The van der Waals surface area contributed by atoms with Crippen molar-refractivity contribution in [2.45, 2.75) is 67.7 Å². The highest BCUT2D eigenvalue weighted by molar-refractivity contribution is 7.89. The van der Waals surface area contributed by atoms with Crippen molar-refractivity contribution >= 4 is 45.0 Å². The molecular weight excluding hydrogens is 578 g/mol. The third kappa shape index (κ3) is 5.13. The molecule has 0 spiro atoms. The molecular formula is C28H31Cl2FN4O4S. The molecule has 12 heteroatoms. The number of nitrogens with zero attached hydrogens (tertiary/aromatic N) is 4. The molecule has 2 aromatic carbocycles. The Morgan fingerprint density at radius 1 is 0.900 bits per heavy atom. The lowest BCUT2D eigenvalue weighted by atomic mass is 9.96. The van der Waals surface area contributed by atoms with E-state index in [4.69, 9.17) is 23.2 Å². The number of fused-ring (bicyclic) bond motifs is 1. The van der Waals surface area contributed by atoms with Crippen molar-refractivity contribution in [3.63, 3.8) is 0 Å². The maximum atomic E-state index is 14.3. The number of likely N-dealkylation sites (tertiary alicyclic amines) is 1. The van der Waals surface area contributed by atoms with Gasteiger partial charge in [0.15, 0.2) is 0 Å². The van der Waals surface area contributed by atoms with Crippen molar-refractivity contribution in [2.75, 3.05) is 26.2 Å². The molecule has 2 aromatic rings. The number of sulfonamides is 1. The van der Waals surface area contributed by atoms with Crippen LogP contribution in [0.1, 0.15) is 37.7 Å². The Hall–Kier alpha value is -2.24. The molecule has 4 fully saturated rings. The van der Waals surface area contributed by atoms with Crippen molar-refractivity contribution in [2.24, 2.45) is 0 Å². The Morgan fingerprint density at radius 2 is 1.60 bits per heavy atom. The standard InChI is InChI=1S/C28H31Cl2FN4O4S/c29-19-6-11-25(22(30)15-19)40(38,39)34-16-24(32-12-2-1-3-13-32)28(37)35-23(14-18-4-7-20(31)8-5-18)27(36)33(17-26(34)35)21-9-10-21/h4-8,11,15,21,23-24,26H,1-3,9-10,12-14,16-17H2. The summed E-state index contributed by atoms with van der Waals surface area (Å²) >= 11 is 12.5. The minimum absolute atomic E-state index is 0.000676. The number of hydrogen-bond acceptors (Lipinski definition) is 5. The normalized spacial score (nSPS) is 26.7. The van der Waals surface area contributed by atoms with E-state index in [1.54, 1.807) is 17.0 Å². The molecule has 3 unspecified atom stereocenters. The fraction of sp³-hybridized carbons (Fsp3) is 0.500. The van der Waals surface area contributed by atoms with Gasteiger partial charge in [-0.1, -0.05) is 41.8 Å². The molecule has 1 saturated carbocycles. The molecule has 0 N–H and O–H groups in total. The number of halogens is 3. The van der Waals surface area contributed by atoms with E-state index in [2.05, 4.69) is 0 Å². The highest BCUT2D eigenvalue weighted by Crippen LogP contribution is 2.39. The number of benzene rings is 2. The third-order valence-electron chi connectivity index (χ3n) is 8.45. The molecule has 0 radical (unpaired) electrons. The Morgan fingerprint density at radius 3 is 2.25 bits per heavy atom. The summed E-state index contributed by atoms with van der Waals surface area (Å²) in [4.78, 5) is 33.4. The highest BCUT2D eigenvalue weighted by Gasteiger charge is 2.56. The molecule has 3 atom stereocenters. The Balaban J connectivity index is 1.45. The highest BCUT2D eigenvalue weighted by atomic mass is 35.5. The zero-order valence-corrected chi connectivity index (χ0v) is 24.2. The summed E-state index contributed by atoms with van der Waals surface area (Å²) in [7, 11) is -4.19. The quantitative estimate of drug-likeness (QED) is 0.499. The molecule has 3 heterocycles. The maximum Gasteiger partial charge on any atom is 0.246 e. The molecule has 3 saturated heterocycles. The largest absolute Gasteiger partial charge is 0.334 e. The number of amides is 2. The number of rotatable bonds is 6. The smallest absolute Gasteiger partial charge is 0.246 e. The van der Waals surface area contributed by atoms with E-state index in [0.29, 0.717) is 23.7 Å². The van der Waals surface area contributed by atoms with Gasteiger partial charge in [0.25, 0.3) is 0 Å². The number of piperazine rings is 1. The van der Waals surface area contributed by atoms with Crippen LogP contribution in [-0.2, 0) is 26.0 Å². The van der Waals surface area contributed by atoms with Gasteiger partial charge in [-0.15, -0.1) is 0 Å². The van der Waals surface area contributed by atoms with Crippen molar-refractivity contribution in [1.29, 1.82) is 0 Å². The first-order valence-corrected chi connectivity index (χ1v) is 15.9. The number of carbonyl (C=O) groups is 2. The Labute approximate surface area is 243 Å². The summed E-state index contributed by atoms with van der Waals surface area (Å²) in [5, 5.41) is 0.312. The summed E-state index contributed by atoms with van der Waals surface area (Å²) in [5.41, 5.74) is 0.694. The van der Waals surface area contributed by atoms with E-state index in [9.17, 15) is 22.4 Å². The van der Waals surface area contributed by atoms with E-state index in [-0.39, 0.29) is 47.3 Å². The first-order chi connectivity index (χ1) is 19.1. The van der Waals surface area contributed by atoms with Crippen LogP contribution in [0, 0.1) is 5.82 Å². The number of hydrogen-bond donors (Lipinski definition) is 0. The van der Waals surface area contributed by atoms with E-state index in [1.807, 2.05) is 4.90 Å². The Bertz CT molecular complexity index is 1420. The second kappa shape index (κ2) is 10.9. The molecule has 8 nitrogen and oxygen atoms in total. The van der Waals surface area contributed by atoms with Crippen LogP contribution in [-0.4, -0.2) is 89.7 Å². The summed E-state index contributed by atoms with van der Waals surface area (Å²) < 4.78 is 43.6. The average Bonchev–Trinajstić information content (AvgIpc) is 3.77. The second-order valence-corrected chi connectivity index (χ2v) is 13.8. The van der Waals surface area contributed by atoms with Crippen LogP contribution in [0.4, 0.5) is 4.39 Å². The predicted octanol–water partition coefficient (Wildman–Crippen LogP) is 3.76. The van der Waals surface area contributed by atoms with Crippen LogP contribution >= 0.6 is 23.2 Å². The first kappa shape index (κ1) is 27.9. The first-order valence-electron chi connectivity index (χ1n) is 13.7. The van der Waals surface area contributed by atoms with Gasteiger partial charge < -0.3 is 9.80 Å². The van der Waals surface area contributed by atoms with Gasteiger partial charge >= 0.3 is 0 Å². The van der Waals surface area contributed by atoms with Gasteiger partial charge in [0.05, 0.1) is 11.6 Å². The summed E-state index contributed by atoms with van der Waals surface area (Å²) in [5.74, 6) is -0.832. The molecule has 3 aliphatic heterocycles. The van der Waals surface area contributed by atoms with E-state index in [0.717, 1.165) is 32.1 Å². The summed E-state index contributed by atoms with van der Waals surface area (Å²) in [6.07, 6.45) is 3.81. The SMILES string of the molecule is O=C1C(Cc2ccc(F)cc2)N2C(=O)C(N3CCCCC3)CN(S(=O)(=O)c3ccc(Cl)cc3Cl)C2CN1C1CC1. The predicted molar refractivity (Wildman–Crippen MR) is 149 cm³/mol. The molecule has 6 rings (SSSR count). The molecule has 4 aliphatic rings. The van der Waals surface area contributed by atoms with Crippen LogP contribution in [0.25, 0.3) is 0 Å². The van der Waals surface area contributed by atoms with Gasteiger partial charge in [-0.05, 0) is 74.7 Å². The van der Waals surface area contributed by atoms with E-state index in [1.165, 1.54) is 39.5 Å². The molecule has 1 aliphatic carbocycles. The van der Waals surface area contributed by atoms with Crippen LogP contribution in [0.2, 0.25) is 10.0 Å². The Kier molecular flexibility index (Phi) is 7.58. The van der Waals surface area contributed by atoms with Crippen molar-refractivity contribution in [1.82, 2.24) is 19.0 Å². The van der Waals surface area contributed by atoms with Crippen LogP contribution < -0.4 is 0 Å². The fourth-order valence-corrected chi connectivity index (χ4v) is 8.58. The van der Waals surface area contributed by atoms with Gasteiger partial charge in [0.2, 0.25) is 21.8 Å². The van der Waals surface area contributed by atoms with Crippen molar-refractivity contribution in [3.05, 3.63) is 63.9 Å². The molecule has 2 amide bonds. The maximum absolute atomic E-state index is 14.3. The lowest BCUT2D eigenvalue weighted by molar-refractivity contribution is -0.171. The van der Waals surface area contributed by atoms with E-state index < -0.39 is 34.1 Å². The number of piperidine rings is 1. The third-order valence-corrected chi connectivity index (χ3v) is 11.0. The van der Waals surface area contributed by atoms with Gasteiger partial charge in [-0.2, -0.15) is 4.31 Å². The average molecular weight is 610 g/mol. The number of carbonyl (C=O) groups excluding carboxylic acids is 2. The summed E-state index contributed by atoms with van der Waals surface area (Å²) in [6, 6.07) is 8.49. The zero-order chi connectivity index (χ0) is 28.2. The van der Waals surface area contributed by atoms with Crippen LogP contribution in [0.5, 0.6) is 0 Å². The molecule has 214 valence electrons. The monoisotopic (exact) mass is 608 g/mol. The molecule has 0 aromatic heterocycles. The van der Waals surface area contributed by atoms with Gasteiger partial charge in [-0.3, -0.25) is 14.5 Å². The van der Waals surface area contributed by atoms with Crippen molar-refractivity contribution < 1.29 is 22.4 Å². The topological polar surface area (TPSA) is 81.2 Å². The lowest BCUT2D eigenvalue weighted by Crippen LogP contribution is -2.76. The fourth-order valence-electron chi connectivity index (χ4n) is 6.26. The second-order valence-electron chi connectivity index (χ2n) is 11.1.